The summed E-state index contributed by atoms with van der Waals surface area (Å²) in [5.41, 5.74) is 1.70. The average Bonchev–Trinajstić information content (AvgIpc) is 2.89. The number of β-lactam (4-membered cyclic amide) rings is 1. The summed E-state index contributed by atoms with van der Waals surface area (Å²) in [4.78, 5) is 48.8. The molecule has 2 aliphatic rings. The number of hydrogen-bond donors (Lipinski definition) is 2. The van der Waals surface area contributed by atoms with Gasteiger partial charge in [-0.1, -0.05) is 0 Å². The van der Waals surface area contributed by atoms with Crippen molar-refractivity contribution in [1.29, 1.82) is 0 Å². The number of carbonyl (C=O) groups excluding carboxylic acids is 3. The lowest BCUT2D eigenvalue weighted by Crippen LogP contribution is -2.70. The number of fused-ring (bicyclic) bond motifs is 1. The first kappa shape index (κ1) is 21.4. The topological polar surface area (TPSA) is 131 Å². The number of halogens is 1. The molecule has 1 aromatic rings. The Labute approximate surface area is 178 Å². The predicted molar refractivity (Wildman–Crippen MR) is 106 cm³/mol. The number of ether oxygens (including phenoxy) is 1. The summed E-state index contributed by atoms with van der Waals surface area (Å²) in [5, 5.41) is 15.9. The van der Waals surface area contributed by atoms with E-state index in [0.29, 0.717) is 5.57 Å². The van der Waals surface area contributed by atoms with E-state index in [1.54, 1.807) is 0 Å². The lowest BCUT2D eigenvalue weighted by atomic mass is 10.0. The van der Waals surface area contributed by atoms with Crippen LogP contribution in [0.5, 0.6) is 0 Å². The first-order chi connectivity index (χ1) is 13.6. The molecule has 0 saturated carbocycles. The van der Waals surface area contributed by atoms with Gasteiger partial charge in [-0.15, -0.1) is 11.8 Å². The number of carboxylic acids is 1. The van der Waals surface area contributed by atoms with Gasteiger partial charge >= 0.3 is 11.9 Å². The SMILES string of the molecule is CC(=O)OCC1=C(C(=O)O)N2C(=O)[C@@H](NC(=O)Cn3nc(C)c(Br)c3C)[C@H]2SC1. The van der Waals surface area contributed by atoms with Crippen LogP contribution in [0, 0.1) is 13.8 Å². The zero-order valence-corrected chi connectivity index (χ0v) is 18.3. The van der Waals surface area contributed by atoms with Crippen molar-refractivity contribution in [2.24, 2.45) is 0 Å². The van der Waals surface area contributed by atoms with E-state index in [9.17, 15) is 24.3 Å². The van der Waals surface area contributed by atoms with Crippen LogP contribution in [0.4, 0.5) is 0 Å². The molecule has 156 valence electrons. The van der Waals surface area contributed by atoms with E-state index >= 15 is 0 Å². The van der Waals surface area contributed by atoms with Crippen molar-refractivity contribution in [3.05, 3.63) is 27.1 Å². The minimum atomic E-state index is -1.27. The Kier molecular flexibility index (Phi) is 6.03. The number of amides is 2. The van der Waals surface area contributed by atoms with Gasteiger partial charge in [0, 0.05) is 18.2 Å². The Morgan fingerprint density at radius 1 is 1.38 bits per heavy atom. The smallest absolute Gasteiger partial charge is 0.352 e. The van der Waals surface area contributed by atoms with E-state index in [0.717, 1.165) is 20.8 Å². The minimum Gasteiger partial charge on any atom is -0.477 e. The molecule has 2 atom stereocenters. The maximum Gasteiger partial charge on any atom is 0.352 e. The van der Waals surface area contributed by atoms with Gasteiger partial charge in [0.05, 0.1) is 15.9 Å². The Morgan fingerprint density at radius 3 is 2.62 bits per heavy atom. The fourth-order valence-electron chi connectivity index (χ4n) is 3.17. The van der Waals surface area contributed by atoms with Gasteiger partial charge in [0.1, 0.15) is 30.3 Å². The van der Waals surface area contributed by atoms with Crippen LogP contribution in [0.15, 0.2) is 15.7 Å². The second-order valence-electron chi connectivity index (χ2n) is 6.64. The first-order valence-electron chi connectivity index (χ1n) is 8.64. The molecule has 3 heterocycles. The Hall–Kier alpha value is -2.34. The number of carbonyl (C=O) groups is 4. The number of aliphatic carboxylic acids is 1. The third-order valence-corrected chi connectivity index (χ3v) is 7.09. The van der Waals surface area contributed by atoms with Crippen LogP contribution in [-0.4, -0.2) is 67.3 Å². The lowest BCUT2D eigenvalue weighted by molar-refractivity contribution is -0.151. The van der Waals surface area contributed by atoms with Crippen molar-refractivity contribution in [3.63, 3.8) is 0 Å². The monoisotopic (exact) mass is 486 g/mol. The standard InChI is InChI=1S/C17H19BrN4O6S/c1-7-12(18)8(2)21(20-7)4-11(24)19-13-15(25)22-14(17(26)27)10(5-28-9(3)23)6-29-16(13)22/h13,16H,4-6H2,1-3H3,(H,19,24)(H,26,27)/t13-,16-/m1/s1. The summed E-state index contributed by atoms with van der Waals surface area (Å²) >= 11 is 4.71. The number of aromatic nitrogens is 2. The van der Waals surface area contributed by atoms with Crippen LogP contribution >= 0.6 is 27.7 Å². The molecule has 29 heavy (non-hydrogen) atoms. The summed E-state index contributed by atoms with van der Waals surface area (Å²) < 4.78 is 7.24. The Balaban J connectivity index is 1.70. The van der Waals surface area contributed by atoms with Gasteiger partial charge in [0.2, 0.25) is 5.91 Å². The quantitative estimate of drug-likeness (QED) is 0.440. The fourth-order valence-corrected chi connectivity index (χ4v) is 4.78. The molecule has 0 unspecified atom stereocenters. The molecule has 2 N–H and O–H groups in total. The largest absolute Gasteiger partial charge is 0.477 e. The molecule has 10 nitrogen and oxygen atoms in total. The van der Waals surface area contributed by atoms with Gasteiger partial charge < -0.3 is 15.2 Å². The Morgan fingerprint density at radius 2 is 2.07 bits per heavy atom. The van der Waals surface area contributed by atoms with Gasteiger partial charge in [-0.25, -0.2) is 4.79 Å². The summed E-state index contributed by atoms with van der Waals surface area (Å²) in [6.45, 7) is 4.61. The molecule has 0 aliphatic carbocycles. The summed E-state index contributed by atoms with van der Waals surface area (Å²) in [6, 6.07) is -0.822. The highest BCUT2D eigenvalue weighted by Gasteiger charge is 2.54. The van der Waals surface area contributed by atoms with Crippen molar-refractivity contribution in [2.45, 2.75) is 38.7 Å². The van der Waals surface area contributed by atoms with E-state index < -0.39 is 35.2 Å². The zero-order valence-electron chi connectivity index (χ0n) is 15.9. The van der Waals surface area contributed by atoms with Gasteiger partial charge in [-0.3, -0.25) is 24.0 Å². The molecule has 0 radical (unpaired) electrons. The van der Waals surface area contributed by atoms with Crippen LogP contribution < -0.4 is 5.32 Å². The molecular weight excluding hydrogens is 468 g/mol. The van der Waals surface area contributed by atoms with E-state index in [1.165, 1.54) is 23.4 Å². The molecule has 0 aromatic carbocycles. The molecule has 2 aliphatic heterocycles. The molecular formula is C17H19BrN4O6S. The van der Waals surface area contributed by atoms with Crippen molar-refractivity contribution < 1.29 is 29.0 Å². The minimum absolute atomic E-state index is 0.0568. The second-order valence-corrected chi connectivity index (χ2v) is 8.53. The number of thioether (sulfide) groups is 1. The highest BCUT2D eigenvalue weighted by molar-refractivity contribution is 9.10. The maximum absolute atomic E-state index is 12.6. The lowest BCUT2D eigenvalue weighted by Gasteiger charge is -2.49. The number of carboxylic acid groups (broad SMARTS) is 1. The highest BCUT2D eigenvalue weighted by Crippen LogP contribution is 2.40. The summed E-state index contributed by atoms with van der Waals surface area (Å²) in [6.07, 6.45) is 0. The van der Waals surface area contributed by atoms with Crippen LogP contribution in [0.3, 0.4) is 0 Å². The zero-order chi connectivity index (χ0) is 21.5. The molecule has 12 heteroatoms. The van der Waals surface area contributed by atoms with E-state index in [-0.39, 0.29) is 24.6 Å². The number of rotatable bonds is 6. The number of esters is 1. The van der Waals surface area contributed by atoms with Crippen molar-refractivity contribution >= 4 is 51.4 Å². The van der Waals surface area contributed by atoms with Crippen molar-refractivity contribution in [1.82, 2.24) is 20.0 Å². The molecule has 0 bridgehead atoms. The van der Waals surface area contributed by atoms with E-state index in [1.807, 2.05) is 13.8 Å². The molecule has 0 spiro atoms. The van der Waals surface area contributed by atoms with E-state index in [4.69, 9.17) is 4.74 Å². The number of aryl methyl sites for hydroxylation is 1. The van der Waals surface area contributed by atoms with Crippen LogP contribution in [0.2, 0.25) is 0 Å². The normalized spacial score (nSPS) is 20.8. The van der Waals surface area contributed by atoms with Crippen molar-refractivity contribution in [2.75, 3.05) is 12.4 Å². The third-order valence-electron chi connectivity index (χ3n) is 4.60. The first-order valence-corrected chi connectivity index (χ1v) is 10.5. The predicted octanol–water partition coefficient (Wildman–Crippen LogP) is 0.564. The summed E-state index contributed by atoms with van der Waals surface area (Å²) in [7, 11) is 0. The molecule has 1 fully saturated rings. The molecule has 1 saturated heterocycles. The van der Waals surface area contributed by atoms with Gasteiger partial charge in [-0.05, 0) is 29.8 Å². The van der Waals surface area contributed by atoms with Crippen LogP contribution in [-0.2, 0) is 30.5 Å². The van der Waals surface area contributed by atoms with Gasteiger partial charge in [-0.2, -0.15) is 5.10 Å². The maximum atomic E-state index is 12.6. The highest BCUT2D eigenvalue weighted by atomic mass is 79.9. The fraction of sp³-hybridized carbons (Fsp3) is 0.471. The second kappa shape index (κ2) is 8.19. The molecule has 1 aromatic heterocycles. The molecule has 2 amide bonds. The average molecular weight is 487 g/mol. The van der Waals surface area contributed by atoms with Crippen molar-refractivity contribution in [3.8, 4) is 0 Å². The van der Waals surface area contributed by atoms with Crippen LogP contribution in [0.25, 0.3) is 0 Å². The number of nitrogens with one attached hydrogen (secondary N) is 1. The van der Waals surface area contributed by atoms with Gasteiger partial charge in [0.25, 0.3) is 5.91 Å². The Bertz CT molecular complexity index is 943. The van der Waals surface area contributed by atoms with Gasteiger partial charge in [0.15, 0.2) is 0 Å². The van der Waals surface area contributed by atoms with Crippen LogP contribution in [0.1, 0.15) is 18.3 Å². The number of hydrogen-bond acceptors (Lipinski definition) is 7. The van der Waals surface area contributed by atoms with E-state index in [2.05, 4.69) is 26.3 Å². The molecule has 3 rings (SSSR count). The number of nitrogens with zero attached hydrogens (tertiary/aromatic N) is 3. The third kappa shape index (κ3) is 4.04. The summed E-state index contributed by atoms with van der Waals surface area (Å²) in [5.74, 6) is -2.44.